The Hall–Kier alpha value is -2.11. The van der Waals surface area contributed by atoms with E-state index in [-0.39, 0.29) is 22.6 Å². The molecule has 25 heavy (non-hydrogen) atoms. The van der Waals surface area contributed by atoms with Crippen LogP contribution in [0.5, 0.6) is 0 Å². The Morgan fingerprint density at radius 3 is 3.00 bits per heavy atom. The van der Waals surface area contributed by atoms with Crippen molar-refractivity contribution in [2.24, 2.45) is 5.92 Å². The molecule has 0 radical (unpaired) electrons. The van der Waals surface area contributed by atoms with Gasteiger partial charge in [0.1, 0.15) is 12.6 Å². The van der Waals surface area contributed by atoms with Gasteiger partial charge in [0.25, 0.3) is 0 Å². The predicted octanol–water partition coefficient (Wildman–Crippen LogP) is 3.61. The van der Waals surface area contributed by atoms with Gasteiger partial charge >= 0.3 is 5.97 Å². The molecule has 1 unspecified atom stereocenters. The van der Waals surface area contributed by atoms with Crippen LogP contribution in [0.4, 0.5) is 0 Å². The van der Waals surface area contributed by atoms with E-state index in [1.54, 1.807) is 0 Å². The van der Waals surface area contributed by atoms with Crippen molar-refractivity contribution in [3.63, 3.8) is 0 Å². The topological polar surface area (TPSA) is 65.1 Å². The van der Waals surface area contributed by atoms with E-state index < -0.39 is 0 Å². The predicted molar refractivity (Wildman–Crippen MR) is 96.6 cm³/mol. The number of aromatic amines is 1. The highest BCUT2D eigenvalue weighted by Gasteiger charge is 2.45. The number of hydrogen-bond donors (Lipinski definition) is 1. The normalized spacial score (nSPS) is 30.1. The third-order valence-corrected chi connectivity index (χ3v) is 5.98. The molecule has 132 valence electrons. The number of fused-ring (bicyclic) bond motifs is 5. The maximum absolute atomic E-state index is 13.6. The number of H-pyrrole nitrogens is 1. The first-order valence-electron chi connectivity index (χ1n) is 8.95. The van der Waals surface area contributed by atoms with Crippen LogP contribution in [0.1, 0.15) is 37.1 Å². The minimum atomic E-state index is -0.211. The number of nitrogens with one attached hydrogen (secondary N) is 1. The quantitative estimate of drug-likeness (QED) is 0.393. The van der Waals surface area contributed by atoms with Gasteiger partial charge in [0.2, 0.25) is 0 Å². The van der Waals surface area contributed by atoms with Crippen LogP contribution in [-0.4, -0.2) is 35.8 Å². The largest absolute Gasteiger partial charge is 0.632 e. The molecule has 1 fully saturated rings. The summed E-state index contributed by atoms with van der Waals surface area (Å²) in [6, 6.07) is 8.13. The van der Waals surface area contributed by atoms with Crippen LogP contribution in [0.15, 0.2) is 35.9 Å². The van der Waals surface area contributed by atoms with Crippen molar-refractivity contribution in [1.29, 1.82) is 0 Å². The molecule has 3 atom stereocenters. The molecule has 4 rings (SSSR count). The number of piperidine rings is 1. The number of carbonyl (C=O) groups is 1. The van der Waals surface area contributed by atoms with Gasteiger partial charge in [-0.05, 0) is 24.1 Å². The first-order chi connectivity index (χ1) is 12.1. The Kier molecular flexibility index (Phi) is 3.93. The number of methoxy groups -OCH3 is 1. The average Bonchev–Trinajstić information content (AvgIpc) is 3.00. The summed E-state index contributed by atoms with van der Waals surface area (Å²) in [7, 11) is 1.42. The number of esters is 1. The van der Waals surface area contributed by atoms with Gasteiger partial charge in [-0.15, -0.1) is 0 Å². The van der Waals surface area contributed by atoms with Crippen molar-refractivity contribution in [2.75, 3.05) is 20.2 Å². The number of hydrogen-bond acceptors (Lipinski definition) is 3. The second-order valence-corrected chi connectivity index (χ2v) is 7.24. The second-order valence-electron chi connectivity index (χ2n) is 7.24. The number of quaternary nitrogens is 1. The van der Waals surface area contributed by atoms with E-state index in [0.29, 0.717) is 25.9 Å². The summed E-state index contributed by atoms with van der Waals surface area (Å²) in [5, 5.41) is 14.8. The SMILES string of the molecule is C/C=C1\C[N+]2([O-])CCc3c([nH]c4ccccc34)[C@@H]2C[C@@H]1CC(=O)OC. The van der Waals surface area contributed by atoms with Gasteiger partial charge in [0.05, 0.1) is 25.8 Å². The number of hydroxylamine groups is 3. The number of benzene rings is 1. The van der Waals surface area contributed by atoms with Gasteiger partial charge in [-0.2, -0.15) is 0 Å². The van der Waals surface area contributed by atoms with Crippen molar-refractivity contribution in [1.82, 2.24) is 4.98 Å². The third-order valence-electron chi connectivity index (χ3n) is 5.98. The van der Waals surface area contributed by atoms with E-state index in [4.69, 9.17) is 4.74 Å². The Bertz CT molecular complexity index is 854. The number of nitrogens with zero attached hydrogens (tertiary/aromatic N) is 1. The van der Waals surface area contributed by atoms with E-state index in [1.165, 1.54) is 18.1 Å². The highest BCUT2D eigenvalue weighted by molar-refractivity contribution is 5.85. The van der Waals surface area contributed by atoms with Gasteiger partial charge in [-0.25, -0.2) is 0 Å². The fourth-order valence-corrected chi connectivity index (χ4v) is 4.65. The number of ether oxygens (including phenoxy) is 1. The maximum Gasteiger partial charge on any atom is 0.306 e. The lowest BCUT2D eigenvalue weighted by atomic mass is 9.79. The molecule has 2 aliphatic heterocycles. The molecule has 0 saturated carbocycles. The van der Waals surface area contributed by atoms with Crippen molar-refractivity contribution >= 4 is 16.9 Å². The van der Waals surface area contributed by atoms with E-state index in [1.807, 2.05) is 25.1 Å². The third kappa shape index (κ3) is 2.58. The fraction of sp³-hybridized carbons (Fsp3) is 0.450. The molecule has 0 aliphatic carbocycles. The number of aromatic nitrogens is 1. The molecule has 1 aromatic carbocycles. The van der Waals surface area contributed by atoms with Crippen LogP contribution < -0.4 is 0 Å². The second kappa shape index (κ2) is 6.00. The number of allylic oxidation sites excluding steroid dienone is 1. The van der Waals surface area contributed by atoms with Crippen molar-refractivity contribution in [3.8, 4) is 0 Å². The van der Waals surface area contributed by atoms with Gasteiger partial charge in [0, 0.05) is 29.7 Å². The molecule has 1 N–H and O–H groups in total. The Labute approximate surface area is 147 Å². The zero-order valence-corrected chi connectivity index (χ0v) is 14.7. The molecule has 0 bridgehead atoms. The summed E-state index contributed by atoms with van der Waals surface area (Å²) in [5.41, 5.74) is 4.55. The lowest BCUT2D eigenvalue weighted by molar-refractivity contribution is -0.914. The van der Waals surface area contributed by atoms with Gasteiger partial charge in [-0.3, -0.25) is 4.79 Å². The standard InChI is InChI=1S/C20H24N2O3/c1-3-13-12-22(24)9-8-16-15-6-4-5-7-17(15)21-20(16)18(22)10-14(13)11-19(23)25-2/h3-7,14,18,21H,8-12H2,1-2H3/b13-3+/t14-,18+,22?/m1/s1. The summed E-state index contributed by atoms with van der Waals surface area (Å²) in [6.45, 7) is 3.03. The molecule has 2 aromatic rings. The fourth-order valence-electron chi connectivity index (χ4n) is 4.65. The van der Waals surface area contributed by atoms with E-state index in [2.05, 4.69) is 17.1 Å². The molecule has 3 heterocycles. The van der Waals surface area contributed by atoms with E-state index in [0.717, 1.165) is 23.2 Å². The van der Waals surface area contributed by atoms with Gasteiger partial charge < -0.3 is 19.6 Å². The van der Waals surface area contributed by atoms with Gasteiger partial charge in [-0.1, -0.05) is 24.3 Å². The van der Waals surface area contributed by atoms with Crippen LogP contribution in [0.3, 0.4) is 0 Å². The zero-order chi connectivity index (χ0) is 17.6. The summed E-state index contributed by atoms with van der Waals surface area (Å²) < 4.78 is 4.66. The lowest BCUT2D eigenvalue weighted by Crippen LogP contribution is -2.54. The molecule has 0 amide bonds. The number of rotatable bonds is 2. The van der Waals surface area contributed by atoms with Crippen LogP contribution in [0, 0.1) is 11.1 Å². The Morgan fingerprint density at radius 2 is 2.24 bits per heavy atom. The summed E-state index contributed by atoms with van der Waals surface area (Å²) in [4.78, 5) is 15.3. The lowest BCUT2D eigenvalue weighted by Gasteiger charge is -2.55. The Balaban J connectivity index is 1.75. The van der Waals surface area contributed by atoms with Crippen molar-refractivity contribution in [2.45, 2.75) is 32.2 Å². The highest BCUT2D eigenvalue weighted by Crippen LogP contribution is 2.47. The first-order valence-corrected chi connectivity index (χ1v) is 8.95. The van der Waals surface area contributed by atoms with Crippen LogP contribution >= 0.6 is 0 Å². The molecule has 2 aliphatic rings. The smallest absolute Gasteiger partial charge is 0.306 e. The number of para-hydroxylation sites is 1. The monoisotopic (exact) mass is 340 g/mol. The van der Waals surface area contributed by atoms with Crippen LogP contribution in [0.25, 0.3) is 10.9 Å². The minimum Gasteiger partial charge on any atom is -0.632 e. The molecule has 5 nitrogen and oxygen atoms in total. The van der Waals surface area contributed by atoms with Crippen LogP contribution in [-0.2, 0) is 16.0 Å². The average molecular weight is 340 g/mol. The molecular formula is C20H24N2O3. The van der Waals surface area contributed by atoms with E-state index >= 15 is 0 Å². The summed E-state index contributed by atoms with van der Waals surface area (Å²) in [5.74, 6) is -0.122. The molecule has 1 saturated heterocycles. The summed E-state index contributed by atoms with van der Waals surface area (Å²) >= 11 is 0. The molecule has 5 heteroatoms. The zero-order valence-electron chi connectivity index (χ0n) is 14.7. The van der Waals surface area contributed by atoms with Crippen molar-refractivity contribution in [3.05, 3.63) is 52.4 Å². The van der Waals surface area contributed by atoms with Crippen molar-refractivity contribution < 1.29 is 14.2 Å². The summed E-state index contributed by atoms with van der Waals surface area (Å²) in [6.07, 6.45) is 3.86. The Morgan fingerprint density at radius 1 is 1.44 bits per heavy atom. The highest BCUT2D eigenvalue weighted by atomic mass is 16.5. The van der Waals surface area contributed by atoms with Gasteiger partial charge in [0.15, 0.2) is 0 Å². The maximum atomic E-state index is 13.6. The number of carbonyl (C=O) groups excluding carboxylic acids is 1. The molecule has 1 aromatic heterocycles. The van der Waals surface area contributed by atoms with Crippen LogP contribution in [0.2, 0.25) is 0 Å². The van der Waals surface area contributed by atoms with E-state index in [9.17, 15) is 10.0 Å². The molecule has 0 spiro atoms. The molecular weight excluding hydrogens is 316 g/mol. The minimum absolute atomic E-state index is 0.0833. The first kappa shape index (κ1) is 16.4.